The summed E-state index contributed by atoms with van der Waals surface area (Å²) in [6, 6.07) is 14.9. The summed E-state index contributed by atoms with van der Waals surface area (Å²) < 4.78 is 17.0. The van der Waals surface area contributed by atoms with Crippen LogP contribution in [0.25, 0.3) is 21.9 Å². The molecule has 4 rings (SSSR count). The number of hydrogen-bond donors (Lipinski definition) is 1. The maximum absolute atomic E-state index is 13.1. The first-order chi connectivity index (χ1) is 14.1. The van der Waals surface area contributed by atoms with Crippen molar-refractivity contribution in [1.29, 1.82) is 0 Å². The Bertz CT molecular complexity index is 1180. The third-order valence-corrected chi connectivity index (χ3v) is 4.67. The van der Waals surface area contributed by atoms with E-state index in [2.05, 4.69) is 10.3 Å². The largest absolute Gasteiger partial charge is 0.494 e. The van der Waals surface area contributed by atoms with Gasteiger partial charge in [0.25, 0.3) is 5.91 Å². The van der Waals surface area contributed by atoms with Crippen molar-refractivity contribution in [1.82, 2.24) is 4.98 Å². The molecule has 29 heavy (non-hydrogen) atoms. The van der Waals surface area contributed by atoms with E-state index < -0.39 is 0 Å². The molecule has 4 aromatic rings. The second-order valence-corrected chi connectivity index (χ2v) is 6.93. The van der Waals surface area contributed by atoms with Crippen molar-refractivity contribution in [2.24, 2.45) is 0 Å². The molecule has 6 nitrogen and oxygen atoms in total. The number of aromatic nitrogens is 1. The molecule has 0 saturated carbocycles. The Morgan fingerprint density at radius 3 is 2.69 bits per heavy atom. The number of para-hydroxylation sites is 1. The summed E-state index contributed by atoms with van der Waals surface area (Å²) in [5, 5.41) is 4.62. The van der Waals surface area contributed by atoms with Crippen LogP contribution in [0.3, 0.4) is 0 Å². The van der Waals surface area contributed by atoms with Gasteiger partial charge in [-0.15, -0.1) is 0 Å². The zero-order chi connectivity index (χ0) is 20.4. The fourth-order valence-corrected chi connectivity index (χ4v) is 3.28. The van der Waals surface area contributed by atoms with Gasteiger partial charge in [0.2, 0.25) is 0 Å². The number of fused-ring (bicyclic) bond motifs is 2. The molecule has 6 heteroatoms. The van der Waals surface area contributed by atoms with Gasteiger partial charge in [-0.05, 0) is 44.2 Å². The highest BCUT2D eigenvalue weighted by atomic mass is 16.5. The molecule has 148 valence electrons. The number of ether oxygens (including phenoxy) is 2. The molecule has 2 aromatic carbocycles. The van der Waals surface area contributed by atoms with Gasteiger partial charge in [-0.2, -0.15) is 0 Å². The van der Waals surface area contributed by atoms with Crippen molar-refractivity contribution in [2.75, 3.05) is 12.4 Å². The minimum Gasteiger partial charge on any atom is -0.494 e. The first-order valence-electron chi connectivity index (χ1n) is 9.43. The molecule has 0 atom stereocenters. The van der Waals surface area contributed by atoms with Crippen molar-refractivity contribution < 1.29 is 18.7 Å². The van der Waals surface area contributed by atoms with E-state index >= 15 is 0 Å². The summed E-state index contributed by atoms with van der Waals surface area (Å²) in [6.07, 6.45) is 1.73. The lowest BCUT2D eigenvalue weighted by Crippen LogP contribution is -2.14. The summed E-state index contributed by atoms with van der Waals surface area (Å²) in [6.45, 7) is 4.21. The molecule has 0 aliphatic rings. The van der Waals surface area contributed by atoms with Gasteiger partial charge in [0, 0.05) is 22.5 Å². The molecular formula is C23H22N2O4. The average molecular weight is 390 g/mol. The zero-order valence-electron chi connectivity index (χ0n) is 16.6. The van der Waals surface area contributed by atoms with Crippen LogP contribution in [0.5, 0.6) is 5.75 Å². The van der Waals surface area contributed by atoms with Crippen molar-refractivity contribution in [2.45, 2.75) is 26.6 Å². The second kappa shape index (κ2) is 7.93. The van der Waals surface area contributed by atoms with Crippen LogP contribution in [0.1, 0.15) is 30.0 Å². The number of rotatable bonds is 6. The Morgan fingerprint density at radius 2 is 1.90 bits per heavy atom. The third kappa shape index (κ3) is 3.67. The van der Waals surface area contributed by atoms with Gasteiger partial charge in [-0.1, -0.05) is 18.2 Å². The molecule has 0 radical (unpaired) electrons. The molecule has 0 saturated heterocycles. The summed E-state index contributed by atoms with van der Waals surface area (Å²) in [5.74, 6) is 0.562. The van der Waals surface area contributed by atoms with E-state index in [1.165, 1.54) is 0 Å². The monoisotopic (exact) mass is 390 g/mol. The van der Waals surface area contributed by atoms with Crippen LogP contribution >= 0.6 is 0 Å². The van der Waals surface area contributed by atoms with Crippen molar-refractivity contribution in [3.63, 3.8) is 0 Å². The van der Waals surface area contributed by atoms with Crippen LogP contribution in [0, 0.1) is 0 Å². The second-order valence-electron chi connectivity index (χ2n) is 6.93. The smallest absolute Gasteiger partial charge is 0.291 e. The van der Waals surface area contributed by atoms with Gasteiger partial charge in [0.15, 0.2) is 5.76 Å². The molecular weight excluding hydrogens is 368 g/mol. The highest BCUT2D eigenvalue weighted by Crippen LogP contribution is 2.32. The zero-order valence-corrected chi connectivity index (χ0v) is 16.6. The quantitative estimate of drug-likeness (QED) is 0.492. The number of anilines is 1. The molecule has 1 amide bonds. The molecule has 2 aromatic heterocycles. The maximum Gasteiger partial charge on any atom is 0.291 e. The number of benzene rings is 2. The van der Waals surface area contributed by atoms with E-state index in [1.54, 1.807) is 25.4 Å². The third-order valence-electron chi connectivity index (χ3n) is 4.67. The molecule has 0 aliphatic carbocycles. The van der Waals surface area contributed by atoms with E-state index in [4.69, 9.17) is 13.9 Å². The number of carbonyl (C=O) groups is 1. The van der Waals surface area contributed by atoms with Crippen LogP contribution in [0.15, 0.2) is 59.1 Å². The van der Waals surface area contributed by atoms with Crippen LogP contribution in [-0.2, 0) is 11.3 Å². The maximum atomic E-state index is 13.1. The Morgan fingerprint density at radius 1 is 1.10 bits per heavy atom. The predicted octanol–water partition coefficient (Wildman–Crippen LogP) is 5.17. The van der Waals surface area contributed by atoms with Gasteiger partial charge in [0.1, 0.15) is 16.8 Å². The molecule has 0 fully saturated rings. The Hall–Kier alpha value is -3.38. The summed E-state index contributed by atoms with van der Waals surface area (Å²) in [5.41, 5.74) is 2.71. The lowest BCUT2D eigenvalue weighted by atomic mass is 10.1. The number of nitrogens with one attached hydrogen (secondary N) is 1. The number of nitrogens with zero attached hydrogens (tertiary/aromatic N) is 1. The Kier molecular flexibility index (Phi) is 5.18. The molecule has 0 bridgehead atoms. The summed E-state index contributed by atoms with van der Waals surface area (Å²) in [7, 11) is 1.59. The van der Waals surface area contributed by atoms with Gasteiger partial charge in [-0.3, -0.25) is 9.78 Å². The minimum absolute atomic E-state index is 0.0381. The van der Waals surface area contributed by atoms with E-state index in [1.807, 2.05) is 50.2 Å². The Labute approximate surface area is 168 Å². The lowest BCUT2D eigenvalue weighted by Gasteiger charge is -2.11. The molecule has 0 spiro atoms. The van der Waals surface area contributed by atoms with Crippen LogP contribution in [0.4, 0.5) is 5.69 Å². The fraction of sp³-hybridized carbons (Fsp3) is 0.217. The first-order valence-corrected chi connectivity index (χ1v) is 9.43. The molecule has 0 aliphatic heterocycles. The number of furan rings is 1. The van der Waals surface area contributed by atoms with E-state index in [9.17, 15) is 4.79 Å². The van der Waals surface area contributed by atoms with Crippen molar-refractivity contribution >= 4 is 33.5 Å². The summed E-state index contributed by atoms with van der Waals surface area (Å²) >= 11 is 0. The predicted molar refractivity (Wildman–Crippen MR) is 112 cm³/mol. The normalized spacial score (nSPS) is 11.3. The average Bonchev–Trinajstić information content (AvgIpc) is 3.11. The van der Waals surface area contributed by atoms with Gasteiger partial charge < -0.3 is 19.2 Å². The Balaban J connectivity index is 1.73. The molecule has 0 unspecified atom stereocenters. The van der Waals surface area contributed by atoms with Crippen molar-refractivity contribution in [3.8, 4) is 5.75 Å². The molecule has 2 heterocycles. The molecule has 1 N–H and O–H groups in total. The number of amides is 1. The fourth-order valence-electron chi connectivity index (χ4n) is 3.28. The number of methoxy groups -OCH3 is 1. The first kappa shape index (κ1) is 19.0. The van der Waals surface area contributed by atoms with E-state index in [0.717, 1.165) is 16.3 Å². The highest BCUT2D eigenvalue weighted by Gasteiger charge is 2.22. The highest BCUT2D eigenvalue weighted by molar-refractivity contribution is 6.10. The van der Waals surface area contributed by atoms with Gasteiger partial charge in [0.05, 0.1) is 25.5 Å². The van der Waals surface area contributed by atoms with E-state index in [-0.39, 0.29) is 17.8 Å². The van der Waals surface area contributed by atoms with Crippen LogP contribution < -0.4 is 10.1 Å². The van der Waals surface area contributed by atoms with Gasteiger partial charge >= 0.3 is 0 Å². The lowest BCUT2D eigenvalue weighted by molar-refractivity contribution is 0.0648. The van der Waals surface area contributed by atoms with Crippen molar-refractivity contribution in [3.05, 3.63) is 66.1 Å². The summed E-state index contributed by atoms with van der Waals surface area (Å²) in [4.78, 5) is 17.5. The number of carbonyl (C=O) groups excluding carboxylic acids is 1. The minimum atomic E-state index is -0.334. The standard InChI is InChI=1S/C23H22N2O4/c1-14(2)28-13-17-15-7-4-5-9-19(15)29-22(17)23(26)25-18-10-11-20(27-3)21-16(18)8-6-12-24-21/h4-12,14H,13H2,1-3H3,(H,25,26). The topological polar surface area (TPSA) is 73.6 Å². The van der Waals surface area contributed by atoms with Crippen LogP contribution in [-0.4, -0.2) is 24.1 Å². The number of hydrogen-bond acceptors (Lipinski definition) is 5. The SMILES string of the molecule is COc1ccc(NC(=O)c2oc3ccccc3c2COC(C)C)c2cccnc12. The van der Waals surface area contributed by atoms with Gasteiger partial charge in [-0.25, -0.2) is 0 Å². The van der Waals surface area contributed by atoms with Crippen LogP contribution in [0.2, 0.25) is 0 Å². The number of pyridine rings is 1. The van der Waals surface area contributed by atoms with E-state index in [0.29, 0.717) is 29.1 Å².